The zero-order valence-corrected chi connectivity index (χ0v) is 17.4. The molecule has 1 unspecified atom stereocenters. The third-order valence-electron chi connectivity index (χ3n) is 4.96. The van der Waals surface area contributed by atoms with Gasteiger partial charge in [0.25, 0.3) is 5.91 Å². The first kappa shape index (κ1) is 21.4. The molecule has 0 saturated carbocycles. The fourth-order valence-corrected chi connectivity index (χ4v) is 3.56. The zero-order valence-electron chi connectivity index (χ0n) is 17.4. The van der Waals surface area contributed by atoms with E-state index < -0.39 is 5.97 Å². The van der Waals surface area contributed by atoms with Crippen LogP contribution in [-0.4, -0.2) is 32.2 Å². The highest BCUT2D eigenvalue weighted by Gasteiger charge is 2.21. The van der Waals surface area contributed by atoms with Crippen LogP contribution in [0, 0.1) is 0 Å². The van der Waals surface area contributed by atoms with E-state index in [2.05, 4.69) is 11.4 Å². The molecule has 1 aliphatic rings. The molecule has 2 aromatic rings. The quantitative estimate of drug-likeness (QED) is 0.671. The van der Waals surface area contributed by atoms with Crippen LogP contribution in [0.3, 0.4) is 0 Å². The van der Waals surface area contributed by atoms with Crippen LogP contribution in [0.1, 0.15) is 42.5 Å². The number of aryl methyl sites for hydroxylation is 1. The Labute approximate surface area is 176 Å². The van der Waals surface area contributed by atoms with Gasteiger partial charge >= 0.3 is 5.97 Å². The smallest absolute Gasteiger partial charge is 0.344 e. The second-order valence-electron chi connectivity index (χ2n) is 7.07. The van der Waals surface area contributed by atoms with Crippen LogP contribution in [-0.2, 0) is 20.7 Å². The van der Waals surface area contributed by atoms with Crippen LogP contribution in [0.2, 0.25) is 0 Å². The van der Waals surface area contributed by atoms with E-state index in [0.717, 1.165) is 30.4 Å². The molecule has 0 fully saturated rings. The van der Waals surface area contributed by atoms with Gasteiger partial charge in [0.2, 0.25) is 0 Å². The molecule has 6 heteroatoms. The summed E-state index contributed by atoms with van der Waals surface area (Å²) in [4.78, 5) is 24.2. The SMILES string of the molecule is C/C=C/c1ccc(OCC(=O)OCC(=O)NC2CCCc3ccccc32)c(OC)c1. The molecule has 158 valence electrons. The molecule has 1 atom stereocenters. The third kappa shape index (κ3) is 5.63. The Morgan fingerprint density at radius 1 is 1.13 bits per heavy atom. The van der Waals surface area contributed by atoms with Gasteiger partial charge in [0, 0.05) is 0 Å². The van der Waals surface area contributed by atoms with Gasteiger partial charge in [-0.1, -0.05) is 42.5 Å². The molecular weight excluding hydrogens is 382 g/mol. The third-order valence-corrected chi connectivity index (χ3v) is 4.96. The number of fused-ring (bicyclic) bond motifs is 1. The van der Waals surface area contributed by atoms with Gasteiger partial charge < -0.3 is 19.5 Å². The molecule has 0 spiro atoms. The number of carbonyl (C=O) groups is 2. The van der Waals surface area contributed by atoms with E-state index in [1.54, 1.807) is 6.07 Å². The highest BCUT2D eigenvalue weighted by molar-refractivity contribution is 5.81. The predicted molar refractivity (Wildman–Crippen MR) is 114 cm³/mol. The molecule has 1 aliphatic carbocycles. The van der Waals surface area contributed by atoms with Gasteiger partial charge in [-0.15, -0.1) is 0 Å². The number of carbonyl (C=O) groups excluding carboxylic acids is 2. The lowest BCUT2D eigenvalue weighted by molar-refractivity contribution is -0.150. The number of hydrogen-bond donors (Lipinski definition) is 1. The summed E-state index contributed by atoms with van der Waals surface area (Å²) in [5, 5.41) is 2.96. The van der Waals surface area contributed by atoms with Crippen molar-refractivity contribution in [3.8, 4) is 11.5 Å². The monoisotopic (exact) mass is 409 g/mol. The number of allylic oxidation sites excluding steroid dienone is 1. The molecule has 30 heavy (non-hydrogen) atoms. The lowest BCUT2D eigenvalue weighted by atomic mass is 9.88. The summed E-state index contributed by atoms with van der Waals surface area (Å²) in [6.45, 7) is 1.28. The van der Waals surface area contributed by atoms with Gasteiger partial charge in [0.15, 0.2) is 24.7 Å². The van der Waals surface area contributed by atoms with Crippen molar-refractivity contribution in [2.45, 2.75) is 32.2 Å². The largest absolute Gasteiger partial charge is 0.493 e. The molecule has 1 amide bonds. The van der Waals surface area contributed by atoms with Crippen molar-refractivity contribution >= 4 is 18.0 Å². The number of hydrogen-bond acceptors (Lipinski definition) is 5. The first-order chi connectivity index (χ1) is 14.6. The fourth-order valence-electron chi connectivity index (χ4n) is 3.56. The molecule has 0 aromatic heterocycles. The van der Waals surface area contributed by atoms with E-state index in [1.165, 1.54) is 12.7 Å². The molecular formula is C24H27NO5. The van der Waals surface area contributed by atoms with Crippen LogP contribution in [0.5, 0.6) is 11.5 Å². The van der Waals surface area contributed by atoms with Crippen LogP contribution in [0.15, 0.2) is 48.5 Å². The molecule has 0 radical (unpaired) electrons. The average Bonchev–Trinajstić information content (AvgIpc) is 2.77. The average molecular weight is 409 g/mol. The molecule has 2 aromatic carbocycles. The zero-order chi connectivity index (χ0) is 21.3. The van der Waals surface area contributed by atoms with Crippen LogP contribution in [0.25, 0.3) is 6.08 Å². The van der Waals surface area contributed by atoms with E-state index in [9.17, 15) is 9.59 Å². The van der Waals surface area contributed by atoms with Gasteiger partial charge in [0.05, 0.1) is 13.2 Å². The number of ether oxygens (including phenoxy) is 3. The first-order valence-electron chi connectivity index (χ1n) is 10.1. The lowest BCUT2D eigenvalue weighted by Gasteiger charge is -2.26. The van der Waals surface area contributed by atoms with Crippen LogP contribution in [0.4, 0.5) is 0 Å². The summed E-state index contributed by atoms with van der Waals surface area (Å²) in [5.74, 6) is 0.0187. The highest BCUT2D eigenvalue weighted by Crippen LogP contribution is 2.30. The minimum Gasteiger partial charge on any atom is -0.493 e. The molecule has 0 bridgehead atoms. The van der Waals surface area contributed by atoms with E-state index in [-0.39, 0.29) is 25.2 Å². The van der Waals surface area contributed by atoms with Crippen molar-refractivity contribution in [1.82, 2.24) is 5.32 Å². The number of amides is 1. The minimum atomic E-state index is -0.617. The number of esters is 1. The van der Waals surface area contributed by atoms with Crippen molar-refractivity contribution in [3.05, 3.63) is 65.2 Å². The second-order valence-corrected chi connectivity index (χ2v) is 7.07. The summed E-state index contributed by atoms with van der Waals surface area (Å²) < 4.78 is 15.9. The number of benzene rings is 2. The first-order valence-corrected chi connectivity index (χ1v) is 10.1. The minimum absolute atomic E-state index is 0.0441. The van der Waals surface area contributed by atoms with Gasteiger partial charge in [0.1, 0.15) is 0 Å². The summed E-state index contributed by atoms with van der Waals surface area (Å²) in [7, 11) is 1.54. The second kappa shape index (κ2) is 10.5. The lowest BCUT2D eigenvalue weighted by Crippen LogP contribution is -2.34. The van der Waals surface area contributed by atoms with Gasteiger partial charge in [-0.3, -0.25) is 4.79 Å². The van der Waals surface area contributed by atoms with Crippen molar-refractivity contribution in [1.29, 1.82) is 0 Å². The Morgan fingerprint density at radius 2 is 1.97 bits per heavy atom. The molecule has 3 rings (SSSR count). The maximum Gasteiger partial charge on any atom is 0.344 e. The normalized spacial score (nSPS) is 15.3. The maximum absolute atomic E-state index is 12.2. The standard InChI is InChI=1S/C24H27NO5/c1-3-7-17-12-13-21(22(14-17)28-2)29-16-24(27)30-15-23(26)25-20-11-6-9-18-8-4-5-10-19(18)20/h3-5,7-8,10,12-14,20H,6,9,11,15-16H2,1-2H3,(H,25,26)/b7-3+. The van der Waals surface area contributed by atoms with Crippen LogP contribution < -0.4 is 14.8 Å². The predicted octanol–water partition coefficient (Wildman–Crippen LogP) is 3.84. The van der Waals surface area contributed by atoms with E-state index >= 15 is 0 Å². The van der Waals surface area contributed by atoms with Crippen molar-refractivity contribution in [2.75, 3.05) is 20.3 Å². The molecule has 6 nitrogen and oxygen atoms in total. The molecule has 0 heterocycles. The Bertz CT molecular complexity index is 922. The maximum atomic E-state index is 12.2. The summed E-state index contributed by atoms with van der Waals surface area (Å²) >= 11 is 0. The van der Waals surface area contributed by atoms with Crippen molar-refractivity contribution < 1.29 is 23.8 Å². The molecule has 0 saturated heterocycles. The Kier molecular flexibility index (Phi) is 7.49. The van der Waals surface area contributed by atoms with E-state index in [4.69, 9.17) is 14.2 Å². The Balaban J connectivity index is 1.47. The summed E-state index contributed by atoms with van der Waals surface area (Å²) in [6, 6.07) is 13.5. The topological polar surface area (TPSA) is 73.9 Å². The number of nitrogens with one attached hydrogen (secondary N) is 1. The van der Waals surface area contributed by atoms with E-state index in [0.29, 0.717) is 11.5 Å². The van der Waals surface area contributed by atoms with Gasteiger partial charge in [-0.25, -0.2) is 4.79 Å². The van der Waals surface area contributed by atoms with Gasteiger partial charge in [-0.2, -0.15) is 0 Å². The van der Waals surface area contributed by atoms with Crippen LogP contribution >= 0.6 is 0 Å². The highest BCUT2D eigenvalue weighted by atomic mass is 16.6. The fraction of sp³-hybridized carbons (Fsp3) is 0.333. The Hall–Kier alpha value is -3.28. The van der Waals surface area contributed by atoms with Crippen molar-refractivity contribution in [2.24, 2.45) is 0 Å². The van der Waals surface area contributed by atoms with E-state index in [1.807, 2.05) is 49.4 Å². The molecule has 0 aliphatic heterocycles. The number of rotatable bonds is 8. The molecule has 1 N–H and O–H groups in total. The van der Waals surface area contributed by atoms with Crippen molar-refractivity contribution in [3.63, 3.8) is 0 Å². The van der Waals surface area contributed by atoms with Gasteiger partial charge in [-0.05, 0) is 55.0 Å². The summed E-state index contributed by atoms with van der Waals surface area (Å²) in [6.07, 6.45) is 6.77. The Morgan fingerprint density at radius 3 is 2.77 bits per heavy atom. The summed E-state index contributed by atoms with van der Waals surface area (Å²) in [5.41, 5.74) is 3.36. The number of methoxy groups -OCH3 is 1.